The number of aryl methyl sites for hydroxylation is 1. The van der Waals surface area contributed by atoms with Crippen LogP contribution in [0.25, 0.3) is 130 Å². The van der Waals surface area contributed by atoms with Gasteiger partial charge in [-0.1, -0.05) is 47.5 Å². The van der Waals surface area contributed by atoms with Gasteiger partial charge in [0.1, 0.15) is 0 Å². The van der Waals surface area contributed by atoms with Crippen LogP contribution in [-0.2, 0) is 27.7 Å². The molecule has 0 N–H and O–H groups in total. The molecule has 3 heteroatoms. The standard InChI is InChI=1S/C53H33NO2/c1-20-5-3-4-6-28(20)52-53-18-27-16-25-14-22-11-21-12-24-13-23-15-26-17-29(30(53)19-54(52)7-8-56-10-9-55-2)38-43-34(26)33(23)40-35(24)39-31(21)32(22)41-36(25)42-37(27)51(53)50(38)49-47(42)45(41)44(39)46(40)48(43)49/h3-6,11-14,16,30,52H,7-10,15,17-19H2,1-2H3. The first-order chi connectivity index (χ1) is 27.7. The van der Waals surface area contributed by atoms with Crippen LogP contribution in [0.5, 0.6) is 0 Å². The predicted octanol–water partition coefficient (Wildman–Crippen LogP) is 10.0. The molecule has 13 aromatic rings. The minimum absolute atomic E-state index is 0.0436. The SMILES string of the molecule is COCCOCCN1CC2C3=c4c5c6c7c(cc8cc9cc%10cc%11cc%12c%13c(c4c4c5c5c7c8c7c9c%10c8c%11c%13c4c8c75)=C(C3)C%12)CC62C1c1ccccc1C. The van der Waals surface area contributed by atoms with E-state index in [4.69, 9.17) is 9.47 Å². The lowest BCUT2D eigenvalue weighted by atomic mass is 9.59. The van der Waals surface area contributed by atoms with E-state index in [9.17, 15) is 0 Å². The van der Waals surface area contributed by atoms with Gasteiger partial charge in [0.2, 0.25) is 0 Å². The van der Waals surface area contributed by atoms with Gasteiger partial charge in [0.25, 0.3) is 0 Å². The van der Waals surface area contributed by atoms with Crippen LogP contribution in [0, 0.1) is 12.8 Å². The Labute approximate surface area is 319 Å². The molecule has 1 saturated heterocycles. The summed E-state index contributed by atoms with van der Waals surface area (Å²) in [7, 11) is 1.77. The molecule has 56 heavy (non-hydrogen) atoms. The summed E-state index contributed by atoms with van der Waals surface area (Å²) in [6.45, 7) is 6.39. The zero-order chi connectivity index (χ0) is 35.6. The van der Waals surface area contributed by atoms with Crippen molar-refractivity contribution in [2.45, 2.75) is 37.6 Å². The number of ether oxygens (including phenoxy) is 2. The van der Waals surface area contributed by atoms with Crippen molar-refractivity contribution in [1.29, 1.82) is 0 Å². The van der Waals surface area contributed by atoms with Crippen molar-refractivity contribution in [3.05, 3.63) is 92.9 Å². The van der Waals surface area contributed by atoms with Crippen molar-refractivity contribution in [2.75, 3.05) is 40.0 Å². The minimum atomic E-state index is -0.0436. The van der Waals surface area contributed by atoms with Crippen LogP contribution in [0.3, 0.4) is 0 Å². The molecular formula is C53H33NO2. The number of likely N-dealkylation sites (tertiary alicyclic amines) is 1. The maximum absolute atomic E-state index is 6.30. The van der Waals surface area contributed by atoms with Crippen molar-refractivity contribution < 1.29 is 9.47 Å². The van der Waals surface area contributed by atoms with Crippen LogP contribution in [0.1, 0.15) is 40.3 Å². The van der Waals surface area contributed by atoms with Gasteiger partial charge in [-0.15, -0.1) is 0 Å². The normalized spacial score (nSPS) is 23.2. The van der Waals surface area contributed by atoms with Gasteiger partial charge in [0.05, 0.1) is 19.8 Å². The summed E-state index contributed by atoms with van der Waals surface area (Å²) in [6, 6.07) is 22.7. The van der Waals surface area contributed by atoms with Gasteiger partial charge in [0.15, 0.2) is 0 Å². The van der Waals surface area contributed by atoms with E-state index in [1.54, 1.807) is 142 Å². The lowest BCUT2D eigenvalue weighted by molar-refractivity contribution is 0.0524. The van der Waals surface area contributed by atoms with Gasteiger partial charge in [-0.3, -0.25) is 4.90 Å². The van der Waals surface area contributed by atoms with E-state index < -0.39 is 0 Å². The monoisotopic (exact) mass is 715 g/mol. The zero-order valence-corrected chi connectivity index (χ0v) is 31.3. The third-order valence-electron chi connectivity index (χ3n) is 17.3. The molecular weight excluding hydrogens is 683 g/mol. The summed E-state index contributed by atoms with van der Waals surface area (Å²) in [4.78, 5) is 2.88. The quantitative estimate of drug-likeness (QED) is 0.121. The Morgan fingerprint density at radius 2 is 1.23 bits per heavy atom. The Hall–Kier alpha value is -5.32. The van der Waals surface area contributed by atoms with Crippen molar-refractivity contribution in [3.8, 4) is 0 Å². The minimum Gasteiger partial charge on any atom is -0.382 e. The number of methoxy groups -OCH3 is 1. The summed E-state index contributed by atoms with van der Waals surface area (Å²) in [5.74, 6) is 0.447. The van der Waals surface area contributed by atoms with Gasteiger partial charge in [-0.25, -0.2) is 0 Å². The number of fused-ring (bicyclic) bond motifs is 1. The lowest BCUT2D eigenvalue weighted by Gasteiger charge is -2.43. The fourth-order valence-electron chi connectivity index (χ4n) is 16.1. The van der Waals surface area contributed by atoms with Gasteiger partial charge in [0, 0.05) is 37.6 Å². The fraction of sp³-hybridized carbons (Fsp3) is 0.245. The molecule has 4 aliphatic carbocycles. The van der Waals surface area contributed by atoms with Crippen LogP contribution >= 0.6 is 0 Å². The Bertz CT molecular complexity index is 4100. The van der Waals surface area contributed by atoms with Crippen molar-refractivity contribution >= 4 is 130 Å². The molecule has 0 amide bonds. The Kier molecular flexibility index (Phi) is 3.88. The average Bonchev–Trinajstić information content (AvgIpc) is 4.05. The predicted molar refractivity (Wildman–Crippen MR) is 231 cm³/mol. The van der Waals surface area contributed by atoms with E-state index in [2.05, 4.69) is 66.4 Å². The van der Waals surface area contributed by atoms with Crippen molar-refractivity contribution in [3.63, 3.8) is 0 Å². The van der Waals surface area contributed by atoms with E-state index in [-0.39, 0.29) is 11.5 Å². The fourth-order valence-corrected chi connectivity index (χ4v) is 16.1. The summed E-state index contributed by atoms with van der Waals surface area (Å²) in [6.07, 6.45) is 3.33. The Morgan fingerprint density at radius 3 is 1.98 bits per heavy atom. The average molecular weight is 716 g/mol. The van der Waals surface area contributed by atoms with Crippen LogP contribution in [0.4, 0.5) is 0 Å². The number of rotatable bonds is 7. The third kappa shape index (κ3) is 2.29. The number of benzene rings is 9. The summed E-state index contributed by atoms with van der Waals surface area (Å²) < 4.78 is 11.7. The molecule has 0 aromatic heterocycles. The molecule has 3 unspecified atom stereocenters. The molecule has 5 aliphatic rings. The lowest BCUT2D eigenvalue weighted by Crippen LogP contribution is -2.44. The highest BCUT2D eigenvalue weighted by molar-refractivity contribution is 6.63. The molecule has 1 aliphatic heterocycles. The number of hydrogen-bond donors (Lipinski definition) is 0. The largest absolute Gasteiger partial charge is 0.382 e. The molecule has 0 bridgehead atoms. The molecule has 13 aromatic carbocycles. The number of nitrogens with zero attached hydrogens (tertiary/aromatic N) is 1. The molecule has 3 nitrogen and oxygen atoms in total. The molecule has 0 saturated carbocycles. The first-order valence-electron chi connectivity index (χ1n) is 21.1. The highest BCUT2D eigenvalue weighted by Crippen LogP contribution is 2.70. The highest BCUT2D eigenvalue weighted by atomic mass is 16.5. The van der Waals surface area contributed by atoms with Crippen LogP contribution < -0.4 is 10.4 Å². The topological polar surface area (TPSA) is 21.7 Å². The molecule has 3 atom stereocenters. The van der Waals surface area contributed by atoms with Gasteiger partial charge in [-0.05, 0) is 201 Å². The molecule has 1 spiro atoms. The van der Waals surface area contributed by atoms with E-state index in [0.29, 0.717) is 19.1 Å². The van der Waals surface area contributed by atoms with Crippen LogP contribution in [0.15, 0.2) is 54.6 Å². The second kappa shape index (κ2) is 7.95. The van der Waals surface area contributed by atoms with E-state index in [0.717, 1.165) is 39.0 Å². The third-order valence-corrected chi connectivity index (χ3v) is 17.3. The summed E-state index contributed by atoms with van der Waals surface area (Å²) >= 11 is 0. The molecule has 0 radical (unpaired) electrons. The van der Waals surface area contributed by atoms with Crippen molar-refractivity contribution in [2.24, 2.45) is 5.92 Å². The maximum Gasteiger partial charge on any atom is 0.0700 e. The molecule has 262 valence electrons. The van der Waals surface area contributed by atoms with Crippen LogP contribution in [0.2, 0.25) is 0 Å². The molecule has 1 fully saturated rings. The number of hydrogen-bond acceptors (Lipinski definition) is 3. The molecule has 1 heterocycles. The van der Waals surface area contributed by atoms with Crippen molar-refractivity contribution in [1.82, 2.24) is 4.90 Å². The van der Waals surface area contributed by atoms with Gasteiger partial charge in [-0.2, -0.15) is 0 Å². The van der Waals surface area contributed by atoms with E-state index >= 15 is 0 Å². The van der Waals surface area contributed by atoms with Gasteiger partial charge < -0.3 is 9.47 Å². The summed E-state index contributed by atoms with van der Waals surface area (Å²) in [5, 5.41) is 38.1. The zero-order valence-electron chi connectivity index (χ0n) is 31.3. The summed E-state index contributed by atoms with van der Waals surface area (Å²) in [5.41, 5.74) is 11.3. The van der Waals surface area contributed by atoms with E-state index in [1.165, 1.54) is 32.7 Å². The first kappa shape index (κ1) is 27.3. The molecule has 18 rings (SSSR count). The maximum atomic E-state index is 6.30. The Balaban J connectivity index is 1.12. The second-order valence-electron chi connectivity index (χ2n) is 19.1. The second-order valence-corrected chi connectivity index (χ2v) is 19.1. The Morgan fingerprint density at radius 1 is 0.607 bits per heavy atom. The van der Waals surface area contributed by atoms with Gasteiger partial charge >= 0.3 is 0 Å². The highest BCUT2D eigenvalue weighted by Gasteiger charge is 2.62. The smallest absolute Gasteiger partial charge is 0.0700 e. The van der Waals surface area contributed by atoms with E-state index in [1.807, 2.05) is 0 Å². The first-order valence-corrected chi connectivity index (χ1v) is 21.1. The van der Waals surface area contributed by atoms with Crippen LogP contribution in [-0.4, -0.2) is 44.9 Å².